The van der Waals surface area contributed by atoms with Gasteiger partial charge in [0, 0.05) is 0 Å². The highest BCUT2D eigenvalue weighted by molar-refractivity contribution is 6.28. The van der Waals surface area contributed by atoms with Crippen molar-refractivity contribution in [2.24, 2.45) is 23.7 Å². The van der Waals surface area contributed by atoms with Crippen LogP contribution in [0.1, 0.15) is 11.1 Å². The summed E-state index contributed by atoms with van der Waals surface area (Å²) in [5, 5.41) is 0. The van der Waals surface area contributed by atoms with Crippen LogP contribution in [0.2, 0.25) is 0 Å². The Kier molecular flexibility index (Phi) is 5.07. The molecule has 2 bridgehead atoms. The van der Waals surface area contributed by atoms with Crippen LogP contribution < -0.4 is 9.80 Å². The Morgan fingerprint density at radius 2 is 0.690 bits per heavy atom. The number of imide groups is 2. The number of anilines is 2. The van der Waals surface area contributed by atoms with Crippen LogP contribution in [-0.2, 0) is 30.3 Å². The standard InChI is InChI=1S/C35H27N3O4/c1-36-34(22-14-6-2-7-15-22)26-28(32(41)37(30(26)39)24-18-10-4-11-19-24)35(36,23-16-8-3-9-17-23)29-27(34)31(40)38(33(29)42)25-20-12-5-13-21-25/h2-21,26-29H,1H3. The van der Waals surface area contributed by atoms with Gasteiger partial charge >= 0.3 is 0 Å². The van der Waals surface area contributed by atoms with E-state index in [2.05, 4.69) is 0 Å². The van der Waals surface area contributed by atoms with Gasteiger partial charge in [0.15, 0.2) is 0 Å². The van der Waals surface area contributed by atoms with E-state index >= 15 is 0 Å². The van der Waals surface area contributed by atoms with E-state index in [9.17, 15) is 19.2 Å². The molecule has 0 aliphatic carbocycles. The number of benzene rings is 4. The second-order valence-electron chi connectivity index (χ2n) is 11.5. The number of amides is 4. The molecule has 4 atom stereocenters. The number of para-hydroxylation sites is 2. The summed E-state index contributed by atoms with van der Waals surface area (Å²) in [6.07, 6.45) is 0. The van der Waals surface area contributed by atoms with Gasteiger partial charge in [0.2, 0.25) is 23.6 Å². The predicted octanol–water partition coefficient (Wildman–Crippen LogP) is 4.35. The van der Waals surface area contributed by atoms with E-state index in [1.165, 1.54) is 9.80 Å². The zero-order valence-corrected chi connectivity index (χ0v) is 22.8. The van der Waals surface area contributed by atoms with Crippen molar-refractivity contribution < 1.29 is 19.2 Å². The minimum Gasteiger partial charge on any atom is -0.284 e. The Labute approximate surface area is 243 Å². The molecule has 4 aromatic rings. The topological polar surface area (TPSA) is 78.0 Å². The molecule has 4 fully saturated rings. The second kappa shape index (κ2) is 8.57. The summed E-state index contributed by atoms with van der Waals surface area (Å²) in [5.41, 5.74) is 0.00544. The van der Waals surface area contributed by atoms with Gasteiger partial charge in [0.1, 0.15) is 0 Å². The average molecular weight is 554 g/mol. The number of fused-ring (bicyclic) bond motifs is 8. The van der Waals surface area contributed by atoms with E-state index in [-0.39, 0.29) is 23.6 Å². The van der Waals surface area contributed by atoms with Crippen molar-refractivity contribution in [2.45, 2.75) is 11.1 Å². The van der Waals surface area contributed by atoms with Gasteiger partial charge < -0.3 is 0 Å². The normalized spacial score (nSPS) is 31.6. The van der Waals surface area contributed by atoms with Gasteiger partial charge in [-0.15, -0.1) is 0 Å². The number of carbonyl (C=O) groups is 4. The molecule has 4 aliphatic heterocycles. The third-order valence-electron chi connectivity index (χ3n) is 10.1. The molecule has 42 heavy (non-hydrogen) atoms. The molecule has 0 spiro atoms. The first kappa shape index (κ1) is 24.9. The third kappa shape index (κ3) is 2.70. The fourth-order valence-corrected chi connectivity index (χ4v) is 8.82. The van der Waals surface area contributed by atoms with Gasteiger partial charge in [-0.25, -0.2) is 9.80 Å². The van der Waals surface area contributed by atoms with Crippen molar-refractivity contribution in [3.63, 3.8) is 0 Å². The molecular formula is C35H27N3O4. The number of nitrogens with zero attached hydrogens (tertiary/aromatic N) is 3. The molecule has 7 nitrogen and oxygen atoms in total. The van der Waals surface area contributed by atoms with Crippen molar-refractivity contribution in [2.75, 3.05) is 16.8 Å². The highest BCUT2D eigenvalue weighted by atomic mass is 16.2. The fourth-order valence-electron chi connectivity index (χ4n) is 8.82. The van der Waals surface area contributed by atoms with Crippen LogP contribution in [0, 0.1) is 23.7 Å². The Morgan fingerprint density at radius 1 is 0.429 bits per heavy atom. The van der Waals surface area contributed by atoms with Gasteiger partial charge in [-0.1, -0.05) is 97.1 Å². The number of carbonyl (C=O) groups excluding carboxylic acids is 4. The zero-order valence-electron chi connectivity index (χ0n) is 22.8. The Morgan fingerprint density at radius 3 is 0.976 bits per heavy atom. The lowest BCUT2D eigenvalue weighted by molar-refractivity contribution is -0.133. The van der Waals surface area contributed by atoms with Crippen molar-refractivity contribution in [3.8, 4) is 0 Å². The molecule has 4 saturated heterocycles. The van der Waals surface area contributed by atoms with Gasteiger partial charge in [-0.3, -0.25) is 24.1 Å². The molecule has 4 aromatic carbocycles. The first-order valence-electron chi connectivity index (χ1n) is 14.2. The Balaban J connectivity index is 1.46. The molecule has 0 radical (unpaired) electrons. The van der Waals surface area contributed by atoms with Gasteiger partial charge in [-0.2, -0.15) is 0 Å². The molecule has 7 heteroatoms. The largest absolute Gasteiger partial charge is 0.284 e. The minimum absolute atomic E-state index is 0.346. The lowest BCUT2D eigenvalue weighted by Crippen LogP contribution is -2.53. The third-order valence-corrected chi connectivity index (χ3v) is 10.1. The van der Waals surface area contributed by atoms with Crippen LogP contribution in [0.3, 0.4) is 0 Å². The molecule has 4 aliphatic rings. The minimum atomic E-state index is -1.24. The molecule has 4 unspecified atom stereocenters. The van der Waals surface area contributed by atoms with Gasteiger partial charge in [-0.05, 0) is 42.4 Å². The molecule has 206 valence electrons. The molecule has 0 aromatic heterocycles. The van der Waals surface area contributed by atoms with Crippen LogP contribution in [0.25, 0.3) is 0 Å². The lowest BCUT2D eigenvalue weighted by atomic mass is 9.55. The highest BCUT2D eigenvalue weighted by Crippen LogP contribution is 2.75. The lowest BCUT2D eigenvalue weighted by Gasteiger charge is -2.42. The van der Waals surface area contributed by atoms with Crippen LogP contribution in [-0.4, -0.2) is 35.6 Å². The van der Waals surface area contributed by atoms with E-state index in [0.717, 1.165) is 11.1 Å². The van der Waals surface area contributed by atoms with E-state index in [0.29, 0.717) is 11.4 Å². The number of rotatable bonds is 4. The van der Waals surface area contributed by atoms with Crippen molar-refractivity contribution >= 4 is 35.0 Å². The van der Waals surface area contributed by atoms with E-state index in [4.69, 9.17) is 0 Å². The molecule has 4 amide bonds. The van der Waals surface area contributed by atoms with Crippen LogP contribution in [0.5, 0.6) is 0 Å². The van der Waals surface area contributed by atoms with E-state index < -0.39 is 34.7 Å². The van der Waals surface area contributed by atoms with Crippen LogP contribution in [0.4, 0.5) is 11.4 Å². The van der Waals surface area contributed by atoms with Crippen molar-refractivity contribution in [1.82, 2.24) is 4.90 Å². The van der Waals surface area contributed by atoms with Gasteiger partial charge in [0.25, 0.3) is 0 Å². The molecule has 0 N–H and O–H groups in total. The summed E-state index contributed by atoms with van der Waals surface area (Å²) in [6, 6.07) is 36.9. The van der Waals surface area contributed by atoms with Crippen molar-refractivity contribution in [3.05, 3.63) is 132 Å². The average Bonchev–Trinajstić information content (AvgIpc) is 3.64. The molecular weight excluding hydrogens is 526 g/mol. The monoisotopic (exact) mass is 553 g/mol. The molecule has 4 heterocycles. The first-order chi connectivity index (χ1) is 20.5. The first-order valence-corrected chi connectivity index (χ1v) is 14.2. The maximum atomic E-state index is 14.7. The summed E-state index contributed by atoms with van der Waals surface area (Å²) in [6.45, 7) is 0. The maximum Gasteiger partial charge on any atom is 0.240 e. The summed E-state index contributed by atoms with van der Waals surface area (Å²) in [7, 11) is 1.89. The Bertz CT molecular complexity index is 1580. The van der Waals surface area contributed by atoms with Crippen LogP contribution >= 0.6 is 0 Å². The van der Waals surface area contributed by atoms with E-state index in [1.807, 2.05) is 84.7 Å². The summed E-state index contributed by atoms with van der Waals surface area (Å²) in [4.78, 5) is 63.3. The fraction of sp³-hybridized carbons (Fsp3) is 0.200. The Hall–Kier alpha value is -4.88. The van der Waals surface area contributed by atoms with E-state index in [1.54, 1.807) is 48.5 Å². The quantitative estimate of drug-likeness (QED) is 0.351. The maximum absolute atomic E-state index is 14.7. The number of hydrogen-bond acceptors (Lipinski definition) is 5. The smallest absolute Gasteiger partial charge is 0.240 e. The predicted molar refractivity (Wildman–Crippen MR) is 156 cm³/mol. The summed E-state index contributed by atoms with van der Waals surface area (Å²) < 4.78 is 0. The SMILES string of the molecule is CN1C2(c3ccccc3)C3C(=O)N(c4ccccc4)C(=O)C3C1(c1ccccc1)C1C(=O)N(c3ccccc3)C(=O)C12. The molecule has 0 saturated carbocycles. The highest BCUT2D eigenvalue weighted by Gasteiger charge is 2.88. The summed E-state index contributed by atoms with van der Waals surface area (Å²) >= 11 is 0. The van der Waals surface area contributed by atoms with Gasteiger partial charge in [0.05, 0.1) is 46.1 Å². The second-order valence-corrected chi connectivity index (χ2v) is 11.5. The summed E-state index contributed by atoms with van der Waals surface area (Å²) in [5.74, 6) is -4.91. The van der Waals surface area contributed by atoms with Crippen molar-refractivity contribution in [1.29, 1.82) is 0 Å². The zero-order chi connectivity index (χ0) is 28.8. The number of hydrogen-bond donors (Lipinski definition) is 0. The van der Waals surface area contributed by atoms with Crippen LogP contribution in [0.15, 0.2) is 121 Å². The molecule has 8 rings (SSSR count).